The summed E-state index contributed by atoms with van der Waals surface area (Å²) >= 11 is 0. The minimum absolute atomic E-state index is 0.316. The number of likely N-dealkylation sites (N-methyl/N-ethyl adjacent to an activating group) is 1. The molecule has 0 fully saturated rings. The molecule has 1 unspecified atom stereocenters. The van der Waals surface area contributed by atoms with Crippen molar-refractivity contribution < 1.29 is 0 Å². The van der Waals surface area contributed by atoms with Crippen LogP contribution in [0.3, 0.4) is 0 Å². The number of aromatic nitrogens is 5. The number of tetrazole rings is 1. The lowest BCUT2D eigenvalue weighted by atomic mass is 10.3. The van der Waals surface area contributed by atoms with E-state index in [1.807, 2.05) is 26.2 Å². The lowest BCUT2D eigenvalue weighted by Crippen LogP contribution is -2.30. The molecule has 0 bridgehead atoms. The summed E-state index contributed by atoms with van der Waals surface area (Å²) < 4.78 is 1.41. The van der Waals surface area contributed by atoms with Gasteiger partial charge in [0.05, 0.1) is 0 Å². The fraction of sp³-hybridized carbons (Fsp3) is 0.556. The number of hydrogen-bond acceptors (Lipinski definition) is 6. The highest BCUT2D eigenvalue weighted by molar-refractivity contribution is 5.42. The molecule has 0 spiro atoms. The summed E-state index contributed by atoms with van der Waals surface area (Å²) in [5.74, 6) is 0.772. The maximum atomic E-state index is 4.23. The summed E-state index contributed by atoms with van der Waals surface area (Å²) in [6.07, 6.45) is 0. The molecule has 0 aliphatic rings. The standard InChI is InChI=1S/C9H15N7/c1-7(6-15(2)3)10-8-4-5-9-11-13-14-16(9)12-8/h4-5,7H,6H2,1-3H3,(H,10,12). The van der Waals surface area contributed by atoms with E-state index < -0.39 is 0 Å². The van der Waals surface area contributed by atoms with E-state index in [1.165, 1.54) is 4.63 Å². The Morgan fingerprint density at radius 2 is 2.25 bits per heavy atom. The predicted molar refractivity (Wildman–Crippen MR) is 60.2 cm³/mol. The van der Waals surface area contributed by atoms with Crippen LogP contribution in [0, 0.1) is 0 Å². The zero-order valence-electron chi connectivity index (χ0n) is 9.62. The third-order valence-electron chi connectivity index (χ3n) is 2.10. The van der Waals surface area contributed by atoms with Crippen LogP contribution in [0.2, 0.25) is 0 Å². The summed E-state index contributed by atoms with van der Waals surface area (Å²) in [5, 5.41) is 18.6. The van der Waals surface area contributed by atoms with Crippen LogP contribution in [0.5, 0.6) is 0 Å². The lowest BCUT2D eigenvalue weighted by molar-refractivity contribution is 0.391. The number of anilines is 1. The number of rotatable bonds is 4. The van der Waals surface area contributed by atoms with Crippen LogP contribution >= 0.6 is 0 Å². The fourth-order valence-electron chi connectivity index (χ4n) is 1.57. The van der Waals surface area contributed by atoms with E-state index in [0.717, 1.165) is 12.4 Å². The van der Waals surface area contributed by atoms with Gasteiger partial charge in [0.15, 0.2) is 5.65 Å². The normalized spacial score (nSPS) is 13.2. The minimum atomic E-state index is 0.316. The molecule has 7 heteroatoms. The molecule has 0 saturated carbocycles. The van der Waals surface area contributed by atoms with Crippen molar-refractivity contribution in [2.24, 2.45) is 0 Å². The van der Waals surface area contributed by atoms with E-state index in [4.69, 9.17) is 0 Å². The van der Waals surface area contributed by atoms with Crippen molar-refractivity contribution in [3.05, 3.63) is 12.1 Å². The molecule has 0 amide bonds. The fourth-order valence-corrected chi connectivity index (χ4v) is 1.57. The van der Waals surface area contributed by atoms with Crippen molar-refractivity contribution in [2.45, 2.75) is 13.0 Å². The second kappa shape index (κ2) is 4.40. The van der Waals surface area contributed by atoms with Gasteiger partial charge >= 0.3 is 0 Å². The molecule has 0 aliphatic heterocycles. The van der Waals surface area contributed by atoms with E-state index in [1.54, 1.807) is 0 Å². The molecule has 0 aromatic carbocycles. The van der Waals surface area contributed by atoms with Crippen LogP contribution in [0.15, 0.2) is 12.1 Å². The average Bonchev–Trinajstić information content (AvgIpc) is 2.63. The third kappa shape index (κ3) is 2.43. The Balaban J connectivity index is 2.08. The molecular formula is C9H15N7. The first-order valence-electron chi connectivity index (χ1n) is 5.12. The smallest absolute Gasteiger partial charge is 0.200 e. The van der Waals surface area contributed by atoms with Crippen molar-refractivity contribution in [1.29, 1.82) is 0 Å². The lowest BCUT2D eigenvalue weighted by Gasteiger charge is -2.18. The third-order valence-corrected chi connectivity index (χ3v) is 2.10. The maximum absolute atomic E-state index is 4.23. The first kappa shape index (κ1) is 10.7. The van der Waals surface area contributed by atoms with E-state index in [0.29, 0.717) is 11.7 Å². The largest absolute Gasteiger partial charge is 0.365 e. The van der Waals surface area contributed by atoms with Gasteiger partial charge in [0.1, 0.15) is 5.82 Å². The van der Waals surface area contributed by atoms with E-state index in [-0.39, 0.29) is 0 Å². The molecule has 0 radical (unpaired) electrons. The van der Waals surface area contributed by atoms with Crippen LogP contribution in [-0.4, -0.2) is 56.8 Å². The van der Waals surface area contributed by atoms with Gasteiger partial charge in [-0.05, 0) is 43.6 Å². The zero-order chi connectivity index (χ0) is 11.5. The summed E-state index contributed by atoms with van der Waals surface area (Å²) in [7, 11) is 4.08. The molecule has 1 N–H and O–H groups in total. The molecule has 2 aromatic heterocycles. The highest BCUT2D eigenvalue weighted by atomic mass is 15.6. The highest BCUT2D eigenvalue weighted by Gasteiger charge is 2.05. The molecule has 1 atom stereocenters. The summed E-state index contributed by atoms with van der Waals surface area (Å²) in [6.45, 7) is 3.04. The predicted octanol–water partition coefficient (Wildman–Crippen LogP) is -0.119. The second-order valence-corrected chi connectivity index (χ2v) is 4.05. The Bertz CT molecular complexity index is 464. The van der Waals surface area contributed by atoms with Crippen LogP contribution in [0.4, 0.5) is 5.82 Å². The van der Waals surface area contributed by atoms with E-state index >= 15 is 0 Å². The van der Waals surface area contributed by atoms with Gasteiger partial charge in [-0.1, -0.05) is 0 Å². The Morgan fingerprint density at radius 3 is 3.00 bits per heavy atom. The Labute approximate surface area is 93.4 Å². The second-order valence-electron chi connectivity index (χ2n) is 4.05. The maximum Gasteiger partial charge on any atom is 0.200 e. The SMILES string of the molecule is CC(CN(C)C)Nc1ccc2nnnn2n1. The average molecular weight is 221 g/mol. The van der Waals surface area contributed by atoms with Crippen LogP contribution in [0.1, 0.15) is 6.92 Å². The van der Waals surface area contributed by atoms with Gasteiger partial charge < -0.3 is 10.2 Å². The van der Waals surface area contributed by atoms with Crippen molar-refractivity contribution in [3.8, 4) is 0 Å². The van der Waals surface area contributed by atoms with Gasteiger partial charge in [0.25, 0.3) is 0 Å². The molecule has 7 nitrogen and oxygen atoms in total. The molecule has 86 valence electrons. The zero-order valence-corrected chi connectivity index (χ0v) is 9.62. The quantitative estimate of drug-likeness (QED) is 0.776. The van der Waals surface area contributed by atoms with Crippen molar-refractivity contribution in [2.75, 3.05) is 26.0 Å². The van der Waals surface area contributed by atoms with Gasteiger partial charge in [-0.25, -0.2) is 0 Å². The van der Waals surface area contributed by atoms with Crippen LogP contribution in [0.25, 0.3) is 5.65 Å². The number of fused-ring (bicyclic) bond motifs is 1. The van der Waals surface area contributed by atoms with Crippen LogP contribution in [-0.2, 0) is 0 Å². The molecule has 2 aromatic rings. The molecular weight excluding hydrogens is 206 g/mol. The molecule has 0 aliphatic carbocycles. The first-order valence-corrected chi connectivity index (χ1v) is 5.12. The monoisotopic (exact) mass is 221 g/mol. The number of nitrogens with one attached hydrogen (secondary N) is 1. The van der Waals surface area contributed by atoms with Gasteiger partial charge in [-0.3, -0.25) is 0 Å². The van der Waals surface area contributed by atoms with Crippen molar-refractivity contribution in [3.63, 3.8) is 0 Å². The minimum Gasteiger partial charge on any atom is -0.365 e. The van der Waals surface area contributed by atoms with Gasteiger partial charge in [-0.2, -0.15) is 0 Å². The number of hydrogen-bond donors (Lipinski definition) is 1. The number of nitrogens with zero attached hydrogens (tertiary/aromatic N) is 6. The molecule has 0 saturated heterocycles. The highest BCUT2D eigenvalue weighted by Crippen LogP contribution is 2.05. The van der Waals surface area contributed by atoms with Gasteiger partial charge in [0, 0.05) is 12.6 Å². The summed E-state index contributed by atoms with van der Waals surface area (Å²) in [5.41, 5.74) is 0.644. The van der Waals surface area contributed by atoms with E-state index in [9.17, 15) is 0 Å². The molecule has 2 heterocycles. The van der Waals surface area contributed by atoms with Gasteiger partial charge in [-0.15, -0.1) is 14.8 Å². The Kier molecular flexibility index (Phi) is 2.95. The van der Waals surface area contributed by atoms with Crippen LogP contribution < -0.4 is 5.32 Å². The Hall–Kier alpha value is -1.76. The van der Waals surface area contributed by atoms with Gasteiger partial charge in [0.2, 0.25) is 0 Å². The van der Waals surface area contributed by atoms with Crippen molar-refractivity contribution >= 4 is 11.5 Å². The summed E-state index contributed by atoms with van der Waals surface area (Å²) in [4.78, 5) is 2.12. The summed E-state index contributed by atoms with van der Waals surface area (Å²) in [6, 6.07) is 4.02. The van der Waals surface area contributed by atoms with Crippen molar-refractivity contribution in [1.82, 2.24) is 30.2 Å². The molecule has 16 heavy (non-hydrogen) atoms. The first-order chi connectivity index (χ1) is 7.65. The van der Waals surface area contributed by atoms with E-state index in [2.05, 4.69) is 37.8 Å². The Morgan fingerprint density at radius 1 is 1.44 bits per heavy atom. The topological polar surface area (TPSA) is 71.2 Å². The molecule has 2 rings (SSSR count).